The fourth-order valence-corrected chi connectivity index (χ4v) is 4.80. The summed E-state index contributed by atoms with van der Waals surface area (Å²) in [6, 6.07) is 17.2. The fraction of sp³-hybridized carbons (Fsp3) is 0.269. The number of piperazine rings is 1. The van der Waals surface area contributed by atoms with Crippen molar-refractivity contribution in [3.63, 3.8) is 0 Å². The molecule has 7 nitrogen and oxygen atoms in total. The van der Waals surface area contributed by atoms with Gasteiger partial charge in [0.1, 0.15) is 5.82 Å². The van der Waals surface area contributed by atoms with E-state index in [4.69, 9.17) is 9.40 Å². The Morgan fingerprint density at radius 1 is 1.06 bits per heavy atom. The molecule has 0 radical (unpaired) electrons. The predicted molar refractivity (Wildman–Crippen MR) is 129 cm³/mol. The van der Waals surface area contributed by atoms with E-state index in [1.54, 1.807) is 12.3 Å². The molecule has 4 heterocycles. The maximum Gasteiger partial charge on any atom is 0.213 e. The Bertz CT molecular complexity index is 1480. The van der Waals surface area contributed by atoms with Gasteiger partial charge in [-0.05, 0) is 44.2 Å². The molecule has 6 rings (SSSR count). The van der Waals surface area contributed by atoms with Gasteiger partial charge in [-0.3, -0.25) is 4.90 Å². The molecule has 1 atom stereocenters. The number of aromatic nitrogens is 4. The number of benzene rings is 2. The van der Waals surface area contributed by atoms with E-state index < -0.39 is 0 Å². The first kappa shape index (κ1) is 20.8. The first-order valence-electron chi connectivity index (χ1n) is 11.5. The molecule has 1 fully saturated rings. The van der Waals surface area contributed by atoms with Crippen molar-refractivity contribution >= 4 is 22.5 Å². The molecule has 5 aromatic rings. The Kier molecular flexibility index (Phi) is 5.03. The van der Waals surface area contributed by atoms with Gasteiger partial charge in [-0.15, -0.1) is 10.2 Å². The lowest BCUT2D eigenvalue weighted by Gasteiger charge is -2.40. The smallest absolute Gasteiger partial charge is 0.213 e. The lowest BCUT2D eigenvalue weighted by atomic mass is 10.1. The van der Waals surface area contributed by atoms with E-state index in [1.165, 1.54) is 0 Å². The van der Waals surface area contributed by atoms with Crippen molar-refractivity contribution in [2.24, 2.45) is 0 Å². The molecule has 0 spiro atoms. The second-order valence-electron chi connectivity index (χ2n) is 8.95. The van der Waals surface area contributed by atoms with E-state index in [0.717, 1.165) is 53.3 Å². The second-order valence-corrected chi connectivity index (χ2v) is 8.95. The zero-order chi connectivity index (χ0) is 23.2. The Hall–Kier alpha value is -3.78. The molecule has 0 unspecified atom stereocenters. The highest BCUT2D eigenvalue weighted by Crippen LogP contribution is 2.30. The predicted octanol–water partition coefficient (Wildman–Crippen LogP) is 4.70. The largest absolute Gasteiger partial charge is 0.461 e. The molecule has 34 heavy (non-hydrogen) atoms. The van der Waals surface area contributed by atoms with Gasteiger partial charge in [0.05, 0.1) is 11.8 Å². The standard InChI is InChI=1S/C26H25FN6O/c1-17-9-10-21(27)19(14-17)16-31-11-12-32(15-18(31)2)26-28-22-7-4-3-6-20(22)24-29-30-25(33(24)26)23-8-5-13-34-23/h3-10,13-14,18H,11-12,15-16H2,1-2H3/t18-/m1/s1. The number of hydrogen-bond acceptors (Lipinski definition) is 6. The number of anilines is 1. The summed E-state index contributed by atoms with van der Waals surface area (Å²) in [6.07, 6.45) is 1.63. The third kappa shape index (κ3) is 3.51. The van der Waals surface area contributed by atoms with Crippen molar-refractivity contribution in [2.45, 2.75) is 26.4 Å². The van der Waals surface area contributed by atoms with Gasteiger partial charge in [0.25, 0.3) is 0 Å². The first-order valence-corrected chi connectivity index (χ1v) is 11.5. The van der Waals surface area contributed by atoms with Gasteiger partial charge in [-0.1, -0.05) is 29.8 Å². The van der Waals surface area contributed by atoms with Crippen molar-refractivity contribution in [1.29, 1.82) is 0 Å². The monoisotopic (exact) mass is 456 g/mol. The SMILES string of the molecule is Cc1ccc(F)c(CN2CCN(c3nc4ccccc4c4nnc(-c5ccco5)n34)C[C@H]2C)c1. The molecule has 1 saturated heterocycles. The number of hydrogen-bond donors (Lipinski definition) is 0. The zero-order valence-electron chi connectivity index (χ0n) is 19.1. The minimum atomic E-state index is -0.147. The average Bonchev–Trinajstić information content (AvgIpc) is 3.52. The molecule has 3 aromatic heterocycles. The summed E-state index contributed by atoms with van der Waals surface area (Å²) in [5, 5.41) is 9.89. The summed E-state index contributed by atoms with van der Waals surface area (Å²) < 4.78 is 22.0. The molecule has 172 valence electrons. The molecule has 1 aliphatic rings. The molecule has 0 N–H and O–H groups in total. The van der Waals surface area contributed by atoms with Gasteiger partial charge in [0.15, 0.2) is 11.4 Å². The van der Waals surface area contributed by atoms with Crippen molar-refractivity contribution in [1.82, 2.24) is 24.5 Å². The van der Waals surface area contributed by atoms with Crippen LogP contribution in [0.2, 0.25) is 0 Å². The van der Waals surface area contributed by atoms with E-state index >= 15 is 0 Å². The number of aryl methyl sites for hydroxylation is 1. The van der Waals surface area contributed by atoms with Gasteiger partial charge in [0, 0.05) is 43.2 Å². The number of nitrogens with zero attached hydrogens (tertiary/aromatic N) is 6. The van der Waals surface area contributed by atoms with Gasteiger partial charge in [0.2, 0.25) is 11.8 Å². The summed E-state index contributed by atoms with van der Waals surface area (Å²) >= 11 is 0. The van der Waals surface area contributed by atoms with Crippen LogP contribution in [0.3, 0.4) is 0 Å². The minimum absolute atomic E-state index is 0.147. The third-order valence-corrected chi connectivity index (χ3v) is 6.59. The van der Waals surface area contributed by atoms with Crippen LogP contribution in [0, 0.1) is 12.7 Å². The number of halogens is 1. The summed E-state index contributed by atoms with van der Waals surface area (Å²) in [7, 11) is 0. The second kappa shape index (κ2) is 8.22. The lowest BCUT2D eigenvalue weighted by Crippen LogP contribution is -2.52. The van der Waals surface area contributed by atoms with E-state index in [-0.39, 0.29) is 11.9 Å². The number of furan rings is 1. The Labute approximate surface area is 196 Å². The average molecular weight is 457 g/mol. The van der Waals surface area contributed by atoms with E-state index in [9.17, 15) is 4.39 Å². The fourth-order valence-electron chi connectivity index (χ4n) is 4.80. The van der Waals surface area contributed by atoms with Crippen LogP contribution in [0.15, 0.2) is 65.3 Å². The zero-order valence-corrected chi connectivity index (χ0v) is 19.1. The van der Waals surface area contributed by atoms with Gasteiger partial charge in [-0.25, -0.2) is 13.8 Å². The summed E-state index contributed by atoms with van der Waals surface area (Å²) in [5.74, 6) is 1.92. The van der Waals surface area contributed by atoms with Crippen LogP contribution in [0.4, 0.5) is 10.3 Å². The highest BCUT2D eigenvalue weighted by Gasteiger charge is 2.28. The first-order chi connectivity index (χ1) is 16.6. The molecule has 0 saturated carbocycles. The molecule has 8 heteroatoms. The van der Waals surface area contributed by atoms with Crippen molar-refractivity contribution in [3.8, 4) is 11.6 Å². The maximum atomic E-state index is 14.4. The van der Waals surface area contributed by atoms with Crippen LogP contribution >= 0.6 is 0 Å². The lowest BCUT2D eigenvalue weighted by molar-refractivity contribution is 0.178. The van der Waals surface area contributed by atoms with Crippen molar-refractivity contribution in [2.75, 3.05) is 24.5 Å². The van der Waals surface area contributed by atoms with E-state index in [1.807, 2.05) is 59.9 Å². The van der Waals surface area contributed by atoms with E-state index in [2.05, 4.69) is 26.9 Å². The normalized spacial score (nSPS) is 17.1. The van der Waals surface area contributed by atoms with Crippen LogP contribution < -0.4 is 4.90 Å². The number of fused-ring (bicyclic) bond motifs is 3. The summed E-state index contributed by atoms with van der Waals surface area (Å²) in [6.45, 7) is 7.07. The van der Waals surface area contributed by atoms with Crippen LogP contribution in [-0.2, 0) is 6.54 Å². The van der Waals surface area contributed by atoms with Crippen LogP contribution in [0.1, 0.15) is 18.1 Å². The molecular formula is C26H25FN6O. The van der Waals surface area contributed by atoms with Gasteiger partial charge in [-0.2, -0.15) is 0 Å². The third-order valence-electron chi connectivity index (χ3n) is 6.59. The highest BCUT2D eigenvalue weighted by molar-refractivity contribution is 5.93. The summed E-state index contributed by atoms with van der Waals surface area (Å²) in [5.41, 5.74) is 3.44. The number of para-hydroxylation sites is 1. The van der Waals surface area contributed by atoms with E-state index in [0.29, 0.717) is 18.1 Å². The molecule has 0 bridgehead atoms. The molecule has 1 aliphatic heterocycles. The van der Waals surface area contributed by atoms with Gasteiger partial charge >= 0.3 is 0 Å². The molecule has 2 aromatic carbocycles. The van der Waals surface area contributed by atoms with Crippen LogP contribution in [0.5, 0.6) is 0 Å². The Morgan fingerprint density at radius 2 is 1.94 bits per heavy atom. The Balaban J connectivity index is 1.37. The molecule has 0 aliphatic carbocycles. The number of rotatable bonds is 4. The van der Waals surface area contributed by atoms with Crippen molar-refractivity contribution < 1.29 is 8.81 Å². The van der Waals surface area contributed by atoms with Gasteiger partial charge < -0.3 is 9.32 Å². The highest BCUT2D eigenvalue weighted by atomic mass is 19.1. The quantitative estimate of drug-likeness (QED) is 0.391. The molecule has 0 amide bonds. The van der Waals surface area contributed by atoms with Crippen molar-refractivity contribution in [3.05, 3.63) is 77.8 Å². The Morgan fingerprint density at radius 3 is 2.76 bits per heavy atom. The maximum absolute atomic E-state index is 14.4. The van der Waals surface area contributed by atoms with Crippen LogP contribution in [0.25, 0.3) is 28.1 Å². The topological polar surface area (TPSA) is 62.7 Å². The minimum Gasteiger partial charge on any atom is -0.461 e. The molecular weight excluding hydrogens is 431 g/mol. The van der Waals surface area contributed by atoms with Crippen LogP contribution in [-0.4, -0.2) is 50.2 Å². The summed E-state index contributed by atoms with van der Waals surface area (Å²) in [4.78, 5) is 9.62.